The van der Waals surface area contributed by atoms with Crippen LogP contribution in [-0.4, -0.2) is 9.97 Å². The van der Waals surface area contributed by atoms with E-state index in [-0.39, 0.29) is 0 Å². The third kappa shape index (κ3) is 2.29. The molecule has 0 spiro atoms. The summed E-state index contributed by atoms with van der Waals surface area (Å²) in [4.78, 5) is 8.74. The molecule has 3 aromatic rings. The first-order valence-electron chi connectivity index (χ1n) is 5.96. The fraction of sp³-hybridized carbons (Fsp3) is 0. The van der Waals surface area contributed by atoms with Gasteiger partial charge in [0.05, 0.1) is 16.8 Å². The SMILES string of the molecule is N#Cc1cc2ccccc2nc1Sc1ncccc1N. The van der Waals surface area contributed by atoms with Crippen molar-refractivity contribution >= 4 is 28.4 Å². The summed E-state index contributed by atoms with van der Waals surface area (Å²) in [6, 6.07) is 15.3. The van der Waals surface area contributed by atoms with Crippen LogP contribution in [0.3, 0.4) is 0 Å². The summed E-state index contributed by atoms with van der Waals surface area (Å²) in [5, 5.41) is 11.5. The summed E-state index contributed by atoms with van der Waals surface area (Å²) in [6.45, 7) is 0. The number of pyridine rings is 2. The Labute approximate surface area is 120 Å². The normalized spacial score (nSPS) is 10.3. The highest BCUT2D eigenvalue weighted by atomic mass is 32.2. The van der Waals surface area contributed by atoms with E-state index in [0.29, 0.717) is 21.3 Å². The molecule has 0 atom stereocenters. The van der Waals surface area contributed by atoms with E-state index in [0.717, 1.165) is 10.9 Å². The molecule has 3 rings (SSSR count). The van der Waals surface area contributed by atoms with Crippen LogP contribution in [0.5, 0.6) is 0 Å². The predicted octanol–water partition coefficient (Wildman–Crippen LogP) is 3.23. The van der Waals surface area contributed by atoms with Crippen molar-refractivity contribution in [1.82, 2.24) is 9.97 Å². The zero-order valence-corrected chi connectivity index (χ0v) is 11.3. The van der Waals surface area contributed by atoms with Gasteiger partial charge in [-0.3, -0.25) is 0 Å². The molecule has 2 N–H and O–H groups in total. The predicted molar refractivity (Wildman–Crippen MR) is 79.2 cm³/mol. The van der Waals surface area contributed by atoms with Crippen molar-refractivity contribution in [3.63, 3.8) is 0 Å². The third-order valence-corrected chi connectivity index (χ3v) is 3.84. The molecule has 0 radical (unpaired) electrons. The highest BCUT2D eigenvalue weighted by Gasteiger charge is 2.10. The standard InChI is InChI=1S/C15H10N4S/c16-9-11-8-10-4-1-2-6-13(10)19-14(11)20-15-12(17)5-3-7-18-15/h1-8H,17H2. The first-order valence-corrected chi connectivity index (χ1v) is 6.78. The maximum Gasteiger partial charge on any atom is 0.125 e. The van der Waals surface area contributed by atoms with Crippen LogP contribution in [0.2, 0.25) is 0 Å². The summed E-state index contributed by atoms with van der Waals surface area (Å²) in [6.07, 6.45) is 1.67. The molecule has 0 bridgehead atoms. The summed E-state index contributed by atoms with van der Waals surface area (Å²) < 4.78 is 0. The average molecular weight is 278 g/mol. The van der Waals surface area contributed by atoms with Gasteiger partial charge in [0.1, 0.15) is 16.1 Å². The number of nitriles is 1. The number of anilines is 1. The van der Waals surface area contributed by atoms with E-state index in [9.17, 15) is 5.26 Å². The number of rotatable bonds is 2. The van der Waals surface area contributed by atoms with Crippen LogP contribution in [0.4, 0.5) is 5.69 Å². The van der Waals surface area contributed by atoms with E-state index >= 15 is 0 Å². The van der Waals surface area contributed by atoms with Gasteiger partial charge in [-0.15, -0.1) is 0 Å². The van der Waals surface area contributed by atoms with Gasteiger partial charge < -0.3 is 5.73 Å². The number of hydrogen-bond acceptors (Lipinski definition) is 5. The van der Waals surface area contributed by atoms with Crippen molar-refractivity contribution in [2.24, 2.45) is 0 Å². The van der Waals surface area contributed by atoms with Crippen molar-refractivity contribution < 1.29 is 0 Å². The molecule has 0 amide bonds. The van der Waals surface area contributed by atoms with Crippen LogP contribution in [-0.2, 0) is 0 Å². The second-order valence-corrected chi connectivity index (χ2v) is 5.12. The molecule has 4 nitrogen and oxygen atoms in total. The number of hydrogen-bond donors (Lipinski definition) is 1. The molecular formula is C15H10N4S. The number of fused-ring (bicyclic) bond motifs is 1. The van der Waals surface area contributed by atoms with Gasteiger partial charge >= 0.3 is 0 Å². The first-order chi connectivity index (χ1) is 9.78. The van der Waals surface area contributed by atoms with E-state index in [2.05, 4.69) is 16.0 Å². The van der Waals surface area contributed by atoms with Crippen LogP contribution in [0.15, 0.2) is 58.7 Å². The Hall–Kier alpha value is -2.58. The van der Waals surface area contributed by atoms with Gasteiger partial charge in [0.25, 0.3) is 0 Å². The summed E-state index contributed by atoms with van der Waals surface area (Å²) in [5.41, 5.74) is 7.84. The minimum atomic E-state index is 0.527. The largest absolute Gasteiger partial charge is 0.397 e. The molecule has 5 heteroatoms. The molecule has 20 heavy (non-hydrogen) atoms. The van der Waals surface area contributed by atoms with Gasteiger partial charge in [-0.05, 0) is 36.0 Å². The maximum absolute atomic E-state index is 9.27. The Morgan fingerprint density at radius 1 is 1.10 bits per heavy atom. The minimum absolute atomic E-state index is 0.527. The number of benzene rings is 1. The Morgan fingerprint density at radius 3 is 2.75 bits per heavy atom. The molecule has 1 aromatic carbocycles. The highest BCUT2D eigenvalue weighted by Crippen LogP contribution is 2.32. The number of aromatic nitrogens is 2. The second-order valence-electron chi connectivity index (χ2n) is 4.15. The fourth-order valence-electron chi connectivity index (χ4n) is 1.84. The number of nitrogen functional groups attached to an aromatic ring is 1. The molecule has 0 aliphatic carbocycles. The molecule has 96 valence electrons. The van der Waals surface area contributed by atoms with Crippen molar-refractivity contribution in [2.45, 2.75) is 10.1 Å². The van der Waals surface area contributed by atoms with Gasteiger partial charge in [-0.25, -0.2) is 9.97 Å². The van der Waals surface area contributed by atoms with Crippen molar-refractivity contribution in [3.8, 4) is 6.07 Å². The zero-order chi connectivity index (χ0) is 13.9. The van der Waals surface area contributed by atoms with E-state index in [1.165, 1.54) is 11.8 Å². The Morgan fingerprint density at radius 2 is 1.95 bits per heavy atom. The van der Waals surface area contributed by atoms with E-state index in [1.54, 1.807) is 18.3 Å². The van der Waals surface area contributed by atoms with E-state index < -0.39 is 0 Å². The van der Waals surface area contributed by atoms with Crippen LogP contribution >= 0.6 is 11.8 Å². The Kier molecular flexibility index (Phi) is 3.23. The Balaban J connectivity index is 2.11. The quantitative estimate of drug-likeness (QED) is 0.778. The molecule has 0 saturated heterocycles. The smallest absolute Gasteiger partial charge is 0.125 e. The molecule has 2 aromatic heterocycles. The maximum atomic E-state index is 9.27. The van der Waals surface area contributed by atoms with E-state index in [4.69, 9.17) is 5.73 Å². The number of nitrogens with zero attached hydrogens (tertiary/aromatic N) is 3. The lowest BCUT2D eigenvalue weighted by Crippen LogP contribution is -1.93. The van der Waals surface area contributed by atoms with Gasteiger partial charge in [0.2, 0.25) is 0 Å². The zero-order valence-electron chi connectivity index (χ0n) is 10.4. The molecule has 0 aliphatic heterocycles. The van der Waals surface area contributed by atoms with Crippen LogP contribution in [0.25, 0.3) is 10.9 Å². The van der Waals surface area contributed by atoms with Crippen LogP contribution in [0, 0.1) is 11.3 Å². The third-order valence-electron chi connectivity index (χ3n) is 2.80. The van der Waals surface area contributed by atoms with Gasteiger partial charge in [0, 0.05) is 11.6 Å². The molecule has 2 heterocycles. The topological polar surface area (TPSA) is 75.6 Å². The number of para-hydroxylation sites is 1. The highest BCUT2D eigenvalue weighted by molar-refractivity contribution is 7.99. The van der Waals surface area contributed by atoms with Gasteiger partial charge in [-0.1, -0.05) is 18.2 Å². The van der Waals surface area contributed by atoms with Crippen molar-refractivity contribution in [3.05, 3.63) is 54.2 Å². The lowest BCUT2D eigenvalue weighted by atomic mass is 10.2. The van der Waals surface area contributed by atoms with Crippen LogP contribution < -0.4 is 5.73 Å². The first kappa shape index (κ1) is 12.5. The van der Waals surface area contributed by atoms with E-state index in [1.807, 2.05) is 30.3 Å². The Bertz CT molecular complexity index is 823. The molecule has 0 fully saturated rings. The minimum Gasteiger partial charge on any atom is -0.397 e. The van der Waals surface area contributed by atoms with Gasteiger partial charge in [-0.2, -0.15) is 5.26 Å². The summed E-state index contributed by atoms with van der Waals surface area (Å²) >= 11 is 1.31. The molecule has 0 saturated carbocycles. The summed E-state index contributed by atoms with van der Waals surface area (Å²) in [5.74, 6) is 0. The summed E-state index contributed by atoms with van der Waals surface area (Å²) in [7, 11) is 0. The lowest BCUT2D eigenvalue weighted by Gasteiger charge is -2.06. The average Bonchev–Trinajstić information content (AvgIpc) is 2.49. The second kappa shape index (κ2) is 5.19. The van der Waals surface area contributed by atoms with Crippen molar-refractivity contribution in [1.29, 1.82) is 5.26 Å². The number of nitrogens with two attached hydrogens (primary N) is 1. The van der Waals surface area contributed by atoms with Crippen LogP contribution in [0.1, 0.15) is 5.56 Å². The molecule has 0 aliphatic rings. The fourth-order valence-corrected chi connectivity index (χ4v) is 2.68. The lowest BCUT2D eigenvalue weighted by molar-refractivity contribution is 1.11. The van der Waals surface area contributed by atoms with Crippen molar-refractivity contribution in [2.75, 3.05) is 5.73 Å². The molecule has 0 unspecified atom stereocenters. The van der Waals surface area contributed by atoms with Gasteiger partial charge in [0.15, 0.2) is 0 Å². The molecular weight excluding hydrogens is 268 g/mol. The monoisotopic (exact) mass is 278 g/mol.